The Balaban J connectivity index is 2.45. The third-order valence-electron chi connectivity index (χ3n) is 2.79. The first-order valence-electron chi connectivity index (χ1n) is 5.65. The summed E-state index contributed by atoms with van der Waals surface area (Å²) in [5.41, 5.74) is 0.359. The number of hydroxylamine groups is 2. The van der Waals surface area contributed by atoms with Crippen LogP contribution in [-0.4, -0.2) is 40.1 Å². The van der Waals surface area contributed by atoms with Gasteiger partial charge in [0.1, 0.15) is 11.5 Å². The van der Waals surface area contributed by atoms with Crippen LogP contribution in [0.1, 0.15) is 16.2 Å². The molecule has 1 amide bonds. The maximum atomic E-state index is 13.7. The van der Waals surface area contributed by atoms with Crippen LogP contribution in [-0.2, 0) is 4.84 Å². The molecule has 2 aromatic rings. The number of hydrogen-bond acceptors (Lipinski definition) is 4. The molecule has 8 heteroatoms. The molecule has 6 nitrogen and oxygen atoms in total. The standard InChI is InChI=1S/C12H12F2N4O2/c1-7-11(12(19)17(2)20-3)15-16-18(7)10-5-4-8(13)6-9(10)14/h4-6H,1-3H3. The topological polar surface area (TPSA) is 60.2 Å². The van der Waals surface area contributed by atoms with Crippen molar-refractivity contribution in [2.75, 3.05) is 14.2 Å². The van der Waals surface area contributed by atoms with Crippen LogP contribution in [0, 0.1) is 18.6 Å². The van der Waals surface area contributed by atoms with Crippen molar-refractivity contribution in [2.45, 2.75) is 6.92 Å². The van der Waals surface area contributed by atoms with Gasteiger partial charge < -0.3 is 0 Å². The Labute approximate surface area is 113 Å². The molecule has 1 heterocycles. The van der Waals surface area contributed by atoms with Crippen molar-refractivity contribution in [1.82, 2.24) is 20.1 Å². The van der Waals surface area contributed by atoms with Crippen molar-refractivity contribution in [3.63, 3.8) is 0 Å². The van der Waals surface area contributed by atoms with E-state index in [1.54, 1.807) is 6.92 Å². The van der Waals surface area contributed by atoms with Gasteiger partial charge in [-0.3, -0.25) is 9.63 Å². The number of nitrogens with zero attached hydrogens (tertiary/aromatic N) is 4. The number of aromatic nitrogens is 3. The van der Waals surface area contributed by atoms with Crippen LogP contribution in [0.5, 0.6) is 0 Å². The molecule has 0 bridgehead atoms. The summed E-state index contributed by atoms with van der Waals surface area (Å²) in [5, 5.41) is 8.40. The highest BCUT2D eigenvalue weighted by atomic mass is 19.1. The van der Waals surface area contributed by atoms with Gasteiger partial charge in [0.2, 0.25) is 0 Å². The summed E-state index contributed by atoms with van der Waals surface area (Å²) >= 11 is 0. The van der Waals surface area contributed by atoms with E-state index >= 15 is 0 Å². The Morgan fingerprint density at radius 1 is 1.40 bits per heavy atom. The lowest BCUT2D eigenvalue weighted by atomic mass is 10.2. The second kappa shape index (κ2) is 5.33. The highest BCUT2D eigenvalue weighted by molar-refractivity contribution is 5.92. The number of rotatable bonds is 3. The van der Waals surface area contributed by atoms with E-state index < -0.39 is 17.5 Å². The van der Waals surface area contributed by atoms with Crippen molar-refractivity contribution in [2.24, 2.45) is 0 Å². The summed E-state index contributed by atoms with van der Waals surface area (Å²) in [5.74, 6) is -2.00. The molecule has 1 aromatic heterocycles. The van der Waals surface area contributed by atoms with Gasteiger partial charge in [0.15, 0.2) is 11.5 Å². The molecule has 0 fully saturated rings. The quantitative estimate of drug-likeness (QED) is 0.800. The van der Waals surface area contributed by atoms with Crippen molar-refractivity contribution < 1.29 is 18.4 Å². The molecule has 0 radical (unpaired) electrons. The van der Waals surface area contributed by atoms with E-state index in [-0.39, 0.29) is 11.4 Å². The second-order valence-electron chi connectivity index (χ2n) is 4.02. The molecule has 0 spiro atoms. The molecule has 0 aliphatic heterocycles. The molecule has 106 valence electrons. The molecule has 0 aliphatic rings. The molecular weight excluding hydrogens is 270 g/mol. The minimum atomic E-state index is -0.794. The first-order valence-corrected chi connectivity index (χ1v) is 5.65. The number of amides is 1. The van der Waals surface area contributed by atoms with Crippen LogP contribution < -0.4 is 0 Å². The lowest BCUT2D eigenvalue weighted by Crippen LogP contribution is -2.26. The van der Waals surface area contributed by atoms with E-state index in [0.29, 0.717) is 5.69 Å². The average molecular weight is 282 g/mol. The number of benzene rings is 1. The fraction of sp³-hybridized carbons (Fsp3) is 0.250. The predicted octanol–water partition coefficient (Wildman–Crippen LogP) is 1.49. The third kappa shape index (κ3) is 2.37. The maximum Gasteiger partial charge on any atom is 0.299 e. The zero-order valence-electron chi connectivity index (χ0n) is 11.1. The third-order valence-corrected chi connectivity index (χ3v) is 2.79. The van der Waals surface area contributed by atoms with Gasteiger partial charge in [0.25, 0.3) is 5.91 Å². The fourth-order valence-electron chi connectivity index (χ4n) is 1.64. The summed E-state index contributed by atoms with van der Waals surface area (Å²) < 4.78 is 27.7. The maximum absolute atomic E-state index is 13.7. The minimum Gasteiger partial charge on any atom is -0.274 e. The zero-order valence-corrected chi connectivity index (χ0v) is 11.1. The smallest absolute Gasteiger partial charge is 0.274 e. The Hall–Kier alpha value is -2.35. The monoisotopic (exact) mass is 282 g/mol. The van der Waals surface area contributed by atoms with Gasteiger partial charge >= 0.3 is 0 Å². The summed E-state index contributed by atoms with van der Waals surface area (Å²) in [6, 6.07) is 3.06. The molecule has 2 rings (SSSR count). The van der Waals surface area contributed by atoms with E-state index in [4.69, 9.17) is 4.84 Å². The van der Waals surface area contributed by atoms with Crippen molar-refractivity contribution >= 4 is 5.91 Å². The van der Waals surface area contributed by atoms with Crippen molar-refractivity contribution in [1.29, 1.82) is 0 Å². The van der Waals surface area contributed by atoms with Crippen LogP contribution in [0.2, 0.25) is 0 Å². The normalized spacial score (nSPS) is 10.7. The average Bonchev–Trinajstić information content (AvgIpc) is 2.79. The van der Waals surface area contributed by atoms with Gasteiger partial charge in [0.05, 0.1) is 12.8 Å². The number of carbonyl (C=O) groups excluding carboxylic acids is 1. The minimum absolute atomic E-state index is 0.00974. The Morgan fingerprint density at radius 3 is 2.70 bits per heavy atom. The van der Waals surface area contributed by atoms with Gasteiger partial charge in [-0.15, -0.1) is 5.10 Å². The molecule has 1 aromatic carbocycles. The van der Waals surface area contributed by atoms with Crippen LogP contribution in [0.3, 0.4) is 0 Å². The number of hydrogen-bond donors (Lipinski definition) is 0. The van der Waals surface area contributed by atoms with E-state index in [1.165, 1.54) is 20.2 Å². The Morgan fingerprint density at radius 2 is 2.10 bits per heavy atom. The highest BCUT2D eigenvalue weighted by Crippen LogP contribution is 2.17. The van der Waals surface area contributed by atoms with E-state index in [0.717, 1.165) is 21.9 Å². The molecule has 0 saturated carbocycles. The van der Waals surface area contributed by atoms with E-state index in [1.807, 2.05) is 0 Å². The molecule has 0 atom stereocenters. The van der Waals surface area contributed by atoms with Crippen molar-refractivity contribution in [3.05, 3.63) is 41.2 Å². The molecule has 0 saturated heterocycles. The number of halogens is 2. The summed E-state index contributed by atoms with van der Waals surface area (Å²) in [6.45, 7) is 1.56. The molecular formula is C12H12F2N4O2. The van der Waals surface area contributed by atoms with Crippen LogP contribution in [0.4, 0.5) is 8.78 Å². The van der Waals surface area contributed by atoms with E-state index in [2.05, 4.69) is 10.3 Å². The number of carbonyl (C=O) groups is 1. The van der Waals surface area contributed by atoms with Crippen LogP contribution in [0.25, 0.3) is 5.69 Å². The predicted molar refractivity (Wildman–Crippen MR) is 65.1 cm³/mol. The van der Waals surface area contributed by atoms with Crippen molar-refractivity contribution in [3.8, 4) is 5.69 Å². The molecule has 0 unspecified atom stereocenters. The van der Waals surface area contributed by atoms with Gasteiger partial charge in [-0.25, -0.2) is 18.5 Å². The first-order chi connectivity index (χ1) is 9.45. The fourth-order valence-corrected chi connectivity index (χ4v) is 1.64. The van der Waals surface area contributed by atoms with E-state index in [9.17, 15) is 13.6 Å². The molecule has 0 aliphatic carbocycles. The Kier molecular flexibility index (Phi) is 3.75. The van der Waals surface area contributed by atoms with Gasteiger partial charge in [-0.2, -0.15) is 0 Å². The van der Waals surface area contributed by atoms with Gasteiger partial charge in [-0.1, -0.05) is 5.21 Å². The zero-order chi connectivity index (χ0) is 14.9. The SMILES string of the molecule is CON(C)C(=O)c1nnn(-c2ccc(F)cc2F)c1C. The lowest BCUT2D eigenvalue weighted by Gasteiger charge is -2.12. The van der Waals surface area contributed by atoms with Crippen LogP contribution >= 0.6 is 0 Å². The molecule has 0 N–H and O–H groups in total. The lowest BCUT2D eigenvalue weighted by molar-refractivity contribution is -0.0761. The highest BCUT2D eigenvalue weighted by Gasteiger charge is 2.22. The summed E-state index contributed by atoms with van der Waals surface area (Å²) in [4.78, 5) is 16.7. The summed E-state index contributed by atoms with van der Waals surface area (Å²) in [6.07, 6.45) is 0. The Bertz CT molecular complexity index is 657. The van der Waals surface area contributed by atoms with Gasteiger partial charge in [-0.05, 0) is 19.1 Å². The van der Waals surface area contributed by atoms with Gasteiger partial charge in [0, 0.05) is 13.1 Å². The second-order valence-corrected chi connectivity index (χ2v) is 4.02. The largest absolute Gasteiger partial charge is 0.299 e. The summed E-state index contributed by atoms with van der Waals surface area (Å²) in [7, 11) is 2.75. The first kappa shape index (κ1) is 14.1. The van der Waals surface area contributed by atoms with Crippen LogP contribution in [0.15, 0.2) is 18.2 Å². The molecule has 20 heavy (non-hydrogen) atoms.